The first-order valence-electron chi connectivity index (χ1n) is 7.74. The van der Waals surface area contributed by atoms with Crippen LogP contribution in [0.1, 0.15) is 29.9 Å². The van der Waals surface area contributed by atoms with E-state index in [1.165, 1.54) is 0 Å². The van der Waals surface area contributed by atoms with Crippen LogP contribution in [0.25, 0.3) is 5.69 Å². The normalized spacial score (nSPS) is 10.4. The van der Waals surface area contributed by atoms with Gasteiger partial charge in [-0.3, -0.25) is 9.59 Å². The minimum Gasteiger partial charge on any atom is -0.343 e. The summed E-state index contributed by atoms with van der Waals surface area (Å²) in [6.45, 7) is 6.87. The summed E-state index contributed by atoms with van der Waals surface area (Å²) in [5.74, 6) is -0.373. The Bertz CT molecular complexity index is 675. The Morgan fingerprint density at radius 3 is 2.43 bits per heavy atom. The summed E-state index contributed by atoms with van der Waals surface area (Å²) in [5, 5.41) is 7.03. The smallest absolute Gasteiger partial charge is 0.255 e. The molecular weight excluding hydrogens is 292 g/mol. The van der Waals surface area contributed by atoms with E-state index >= 15 is 0 Å². The number of aryl methyl sites for hydroxylation is 1. The molecule has 0 atom stereocenters. The maximum Gasteiger partial charge on any atom is 0.255 e. The number of hydrogen-bond donors (Lipinski definition) is 1. The average Bonchev–Trinajstić information content (AvgIpc) is 2.96. The third-order valence-electron chi connectivity index (χ3n) is 3.68. The molecule has 6 nitrogen and oxygen atoms in total. The molecule has 0 aliphatic rings. The lowest BCUT2D eigenvalue weighted by molar-refractivity contribution is -0.129. The van der Waals surface area contributed by atoms with Gasteiger partial charge < -0.3 is 10.2 Å². The minimum atomic E-state index is -0.287. The lowest BCUT2D eigenvalue weighted by atomic mass is 10.2. The van der Waals surface area contributed by atoms with Gasteiger partial charge in [0.05, 0.1) is 23.5 Å². The molecule has 1 aromatic carbocycles. The number of benzene rings is 1. The van der Waals surface area contributed by atoms with E-state index in [4.69, 9.17) is 0 Å². The van der Waals surface area contributed by atoms with E-state index in [9.17, 15) is 9.59 Å². The van der Waals surface area contributed by atoms with E-state index in [0.29, 0.717) is 24.3 Å². The van der Waals surface area contributed by atoms with Crippen LogP contribution in [0.3, 0.4) is 0 Å². The summed E-state index contributed by atoms with van der Waals surface area (Å²) >= 11 is 0. The summed E-state index contributed by atoms with van der Waals surface area (Å²) in [6, 6.07) is 9.58. The summed E-state index contributed by atoms with van der Waals surface area (Å²) in [5.41, 5.74) is 1.98. The zero-order chi connectivity index (χ0) is 16.8. The fourth-order valence-corrected chi connectivity index (χ4v) is 2.34. The molecular formula is C17H22N4O2. The van der Waals surface area contributed by atoms with Crippen LogP contribution in [0.5, 0.6) is 0 Å². The van der Waals surface area contributed by atoms with Crippen molar-refractivity contribution in [3.63, 3.8) is 0 Å². The van der Waals surface area contributed by atoms with Gasteiger partial charge in [0.2, 0.25) is 5.91 Å². The number of amides is 2. The number of carbonyl (C=O) groups excluding carboxylic acids is 2. The number of nitrogens with zero attached hydrogens (tertiary/aromatic N) is 3. The number of likely N-dealkylation sites (N-methyl/N-ethyl adjacent to an activating group) is 1. The molecule has 23 heavy (non-hydrogen) atoms. The van der Waals surface area contributed by atoms with Crippen molar-refractivity contribution in [3.05, 3.63) is 47.8 Å². The average molecular weight is 314 g/mol. The highest BCUT2D eigenvalue weighted by Gasteiger charge is 2.16. The van der Waals surface area contributed by atoms with Crippen LogP contribution in [0.2, 0.25) is 0 Å². The Hall–Kier alpha value is -2.63. The van der Waals surface area contributed by atoms with E-state index in [0.717, 1.165) is 5.69 Å². The Kier molecular flexibility index (Phi) is 5.51. The second-order valence-corrected chi connectivity index (χ2v) is 5.16. The SMILES string of the molecule is CCN(CC)C(=O)CNC(=O)c1cn(-c2ccccc2)nc1C. The van der Waals surface area contributed by atoms with Crippen molar-refractivity contribution in [1.29, 1.82) is 0 Å². The molecule has 2 aromatic rings. The molecule has 0 fully saturated rings. The molecule has 0 aliphatic heterocycles. The maximum atomic E-state index is 12.3. The van der Waals surface area contributed by atoms with Crippen molar-refractivity contribution >= 4 is 11.8 Å². The number of rotatable bonds is 6. The van der Waals surface area contributed by atoms with Gasteiger partial charge in [-0.15, -0.1) is 0 Å². The Morgan fingerprint density at radius 1 is 1.17 bits per heavy atom. The lowest BCUT2D eigenvalue weighted by Crippen LogP contribution is -2.40. The molecule has 6 heteroatoms. The summed E-state index contributed by atoms with van der Waals surface area (Å²) < 4.78 is 1.66. The van der Waals surface area contributed by atoms with Gasteiger partial charge in [-0.2, -0.15) is 5.10 Å². The first-order chi connectivity index (χ1) is 11.1. The molecule has 0 bridgehead atoms. The van der Waals surface area contributed by atoms with Crippen molar-refractivity contribution in [1.82, 2.24) is 20.0 Å². The highest BCUT2D eigenvalue weighted by molar-refractivity contribution is 5.97. The molecule has 0 aliphatic carbocycles. The predicted molar refractivity (Wildman–Crippen MR) is 88.6 cm³/mol. The van der Waals surface area contributed by atoms with Gasteiger partial charge in [-0.05, 0) is 32.9 Å². The van der Waals surface area contributed by atoms with Crippen LogP contribution in [0.4, 0.5) is 0 Å². The topological polar surface area (TPSA) is 67.2 Å². The molecule has 0 unspecified atom stereocenters. The highest BCUT2D eigenvalue weighted by Crippen LogP contribution is 2.11. The van der Waals surface area contributed by atoms with Crippen LogP contribution in [-0.4, -0.2) is 46.1 Å². The predicted octanol–water partition coefficient (Wildman–Crippen LogP) is 1.78. The van der Waals surface area contributed by atoms with Crippen molar-refractivity contribution in [3.8, 4) is 5.69 Å². The molecule has 122 valence electrons. The fourth-order valence-electron chi connectivity index (χ4n) is 2.34. The number of nitrogens with one attached hydrogen (secondary N) is 1. The maximum absolute atomic E-state index is 12.3. The van der Waals surface area contributed by atoms with E-state index < -0.39 is 0 Å². The largest absolute Gasteiger partial charge is 0.343 e. The molecule has 1 N–H and O–H groups in total. The van der Waals surface area contributed by atoms with Crippen LogP contribution in [0, 0.1) is 6.92 Å². The lowest BCUT2D eigenvalue weighted by Gasteiger charge is -2.18. The molecule has 2 amide bonds. The van der Waals surface area contributed by atoms with E-state index in [1.807, 2.05) is 44.2 Å². The minimum absolute atomic E-state index is 0.00350. The van der Waals surface area contributed by atoms with Crippen molar-refractivity contribution in [2.75, 3.05) is 19.6 Å². The van der Waals surface area contributed by atoms with E-state index in [1.54, 1.807) is 22.7 Å². The van der Waals surface area contributed by atoms with Crippen LogP contribution < -0.4 is 5.32 Å². The van der Waals surface area contributed by atoms with Gasteiger partial charge in [-0.25, -0.2) is 4.68 Å². The van der Waals surface area contributed by atoms with Gasteiger partial charge >= 0.3 is 0 Å². The Morgan fingerprint density at radius 2 is 1.83 bits per heavy atom. The number of para-hydroxylation sites is 1. The zero-order valence-corrected chi connectivity index (χ0v) is 13.7. The zero-order valence-electron chi connectivity index (χ0n) is 13.7. The Labute approximate surface area is 136 Å². The van der Waals surface area contributed by atoms with Crippen molar-refractivity contribution in [2.24, 2.45) is 0 Å². The molecule has 1 aromatic heterocycles. The summed E-state index contributed by atoms with van der Waals surface area (Å²) in [7, 11) is 0. The molecule has 0 saturated heterocycles. The standard InChI is InChI=1S/C17H22N4O2/c1-4-20(5-2)16(22)11-18-17(23)15-12-21(19-13(15)3)14-9-7-6-8-10-14/h6-10,12H,4-5,11H2,1-3H3,(H,18,23). The molecule has 2 rings (SSSR count). The molecule has 0 radical (unpaired) electrons. The first-order valence-corrected chi connectivity index (χ1v) is 7.74. The van der Waals surface area contributed by atoms with Crippen molar-refractivity contribution < 1.29 is 9.59 Å². The van der Waals surface area contributed by atoms with E-state index in [2.05, 4.69) is 10.4 Å². The summed E-state index contributed by atoms with van der Waals surface area (Å²) in [6.07, 6.45) is 1.68. The van der Waals surface area contributed by atoms with Gasteiger partial charge in [0.1, 0.15) is 0 Å². The molecule has 1 heterocycles. The second kappa shape index (κ2) is 7.58. The van der Waals surface area contributed by atoms with Crippen molar-refractivity contribution in [2.45, 2.75) is 20.8 Å². The summed E-state index contributed by atoms with van der Waals surface area (Å²) in [4.78, 5) is 25.9. The first kappa shape index (κ1) is 16.7. The van der Waals surface area contributed by atoms with Gasteiger partial charge in [0.15, 0.2) is 0 Å². The number of carbonyl (C=O) groups is 2. The fraction of sp³-hybridized carbons (Fsp3) is 0.353. The quantitative estimate of drug-likeness (QED) is 0.884. The van der Waals surface area contributed by atoms with E-state index in [-0.39, 0.29) is 18.4 Å². The van der Waals surface area contributed by atoms with Gasteiger partial charge in [-0.1, -0.05) is 18.2 Å². The molecule has 0 saturated carbocycles. The third-order valence-corrected chi connectivity index (χ3v) is 3.68. The molecule has 0 spiro atoms. The second-order valence-electron chi connectivity index (χ2n) is 5.16. The van der Waals surface area contributed by atoms with Crippen LogP contribution in [0.15, 0.2) is 36.5 Å². The van der Waals surface area contributed by atoms with Gasteiger partial charge in [0.25, 0.3) is 5.91 Å². The third kappa shape index (κ3) is 3.97. The number of hydrogen-bond acceptors (Lipinski definition) is 3. The highest BCUT2D eigenvalue weighted by atomic mass is 16.2. The monoisotopic (exact) mass is 314 g/mol. The van der Waals surface area contributed by atoms with Crippen LogP contribution in [-0.2, 0) is 4.79 Å². The number of aromatic nitrogens is 2. The Balaban J connectivity index is 2.06. The van der Waals surface area contributed by atoms with Gasteiger partial charge in [0, 0.05) is 19.3 Å². The van der Waals surface area contributed by atoms with Crippen LogP contribution >= 0.6 is 0 Å².